The second kappa shape index (κ2) is 6.47. The lowest BCUT2D eigenvalue weighted by atomic mass is 10.00. The van der Waals surface area contributed by atoms with Crippen LogP contribution in [0.15, 0.2) is 22.9 Å². The van der Waals surface area contributed by atoms with E-state index in [0.717, 1.165) is 30.6 Å². The second-order valence-electron chi connectivity index (χ2n) is 4.51. The first-order chi connectivity index (χ1) is 8.29. The minimum Gasteiger partial charge on any atom is -0.378 e. The predicted octanol–water partition coefficient (Wildman–Crippen LogP) is 2.75. The molecular formula is C13H19BrN2O. The number of hydrogen-bond donors (Lipinski definition) is 1. The maximum atomic E-state index is 5.68. The van der Waals surface area contributed by atoms with Gasteiger partial charge >= 0.3 is 0 Å². The number of ether oxygens (including phenoxy) is 1. The number of rotatable bonds is 5. The third kappa shape index (κ3) is 3.76. The van der Waals surface area contributed by atoms with Gasteiger partial charge in [0.2, 0.25) is 0 Å². The quantitative estimate of drug-likeness (QED) is 0.908. The highest BCUT2D eigenvalue weighted by atomic mass is 79.9. The van der Waals surface area contributed by atoms with Gasteiger partial charge in [-0.15, -0.1) is 0 Å². The standard InChI is InChI=1S/C13H19BrN2O/c1-2-13-11(3-4-17-13)8-15-6-10-5-12(14)9-16-7-10/h5,7,9,11,13,15H,2-4,6,8H2,1H3. The van der Waals surface area contributed by atoms with Gasteiger partial charge in [-0.2, -0.15) is 0 Å². The largest absolute Gasteiger partial charge is 0.378 e. The van der Waals surface area contributed by atoms with E-state index in [1.54, 1.807) is 6.20 Å². The van der Waals surface area contributed by atoms with Gasteiger partial charge in [-0.25, -0.2) is 0 Å². The summed E-state index contributed by atoms with van der Waals surface area (Å²) in [6.07, 6.45) is 6.46. The van der Waals surface area contributed by atoms with Gasteiger partial charge in [-0.05, 0) is 46.3 Å². The van der Waals surface area contributed by atoms with Crippen LogP contribution in [0.25, 0.3) is 0 Å². The van der Waals surface area contributed by atoms with Crippen molar-refractivity contribution in [2.75, 3.05) is 13.2 Å². The lowest BCUT2D eigenvalue weighted by Crippen LogP contribution is -2.27. The fraction of sp³-hybridized carbons (Fsp3) is 0.615. The zero-order valence-corrected chi connectivity index (χ0v) is 11.7. The molecule has 0 aliphatic carbocycles. The molecule has 94 valence electrons. The molecule has 2 heterocycles. The Morgan fingerprint density at radius 2 is 2.41 bits per heavy atom. The number of nitrogens with one attached hydrogen (secondary N) is 1. The molecule has 0 amide bonds. The van der Waals surface area contributed by atoms with E-state index in [1.165, 1.54) is 12.0 Å². The highest BCUT2D eigenvalue weighted by Gasteiger charge is 2.25. The van der Waals surface area contributed by atoms with Crippen LogP contribution in [0.2, 0.25) is 0 Å². The van der Waals surface area contributed by atoms with Gasteiger partial charge in [-0.1, -0.05) is 6.92 Å². The molecule has 0 aromatic carbocycles. The second-order valence-corrected chi connectivity index (χ2v) is 5.42. The normalized spacial score (nSPS) is 24.1. The molecule has 1 aromatic rings. The van der Waals surface area contributed by atoms with Crippen LogP contribution in [0.4, 0.5) is 0 Å². The molecule has 0 spiro atoms. The number of nitrogens with zero attached hydrogens (tertiary/aromatic N) is 1. The van der Waals surface area contributed by atoms with Crippen molar-refractivity contribution < 1.29 is 4.74 Å². The molecule has 17 heavy (non-hydrogen) atoms. The van der Waals surface area contributed by atoms with Gasteiger partial charge < -0.3 is 10.1 Å². The van der Waals surface area contributed by atoms with Crippen LogP contribution < -0.4 is 5.32 Å². The predicted molar refractivity (Wildman–Crippen MR) is 71.8 cm³/mol. The van der Waals surface area contributed by atoms with E-state index in [2.05, 4.69) is 39.2 Å². The molecular weight excluding hydrogens is 280 g/mol. The Labute approximate surface area is 111 Å². The molecule has 2 atom stereocenters. The molecule has 3 nitrogen and oxygen atoms in total. The van der Waals surface area contributed by atoms with Crippen molar-refractivity contribution in [3.05, 3.63) is 28.5 Å². The van der Waals surface area contributed by atoms with Crippen LogP contribution >= 0.6 is 15.9 Å². The average molecular weight is 299 g/mol. The Kier molecular flexibility index (Phi) is 4.95. The lowest BCUT2D eigenvalue weighted by Gasteiger charge is -2.17. The van der Waals surface area contributed by atoms with Crippen LogP contribution in [-0.4, -0.2) is 24.2 Å². The first-order valence-electron chi connectivity index (χ1n) is 6.21. The summed E-state index contributed by atoms with van der Waals surface area (Å²) in [4.78, 5) is 4.15. The van der Waals surface area contributed by atoms with Crippen LogP contribution in [0, 0.1) is 5.92 Å². The Balaban J connectivity index is 1.76. The summed E-state index contributed by atoms with van der Waals surface area (Å²) in [6.45, 7) is 5.02. The summed E-state index contributed by atoms with van der Waals surface area (Å²) in [7, 11) is 0. The summed E-state index contributed by atoms with van der Waals surface area (Å²) in [5.41, 5.74) is 1.21. The Morgan fingerprint density at radius 3 is 3.18 bits per heavy atom. The summed E-state index contributed by atoms with van der Waals surface area (Å²) < 4.78 is 6.71. The van der Waals surface area contributed by atoms with Crippen molar-refractivity contribution >= 4 is 15.9 Å². The fourth-order valence-electron chi connectivity index (χ4n) is 2.33. The number of aromatic nitrogens is 1. The zero-order chi connectivity index (χ0) is 12.1. The van der Waals surface area contributed by atoms with Crippen molar-refractivity contribution in [1.82, 2.24) is 10.3 Å². The maximum absolute atomic E-state index is 5.68. The average Bonchev–Trinajstić information content (AvgIpc) is 2.77. The Morgan fingerprint density at radius 1 is 1.53 bits per heavy atom. The van der Waals surface area contributed by atoms with E-state index < -0.39 is 0 Å². The Hall–Kier alpha value is -0.450. The fourth-order valence-corrected chi connectivity index (χ4v) is 2.74. The van der Waals surface area contributed by atoms with Crippen LogP contribution in [-0.2, 0) is 11.3 Å². The maximum Gasteiger partial charge on any atom is 0.0613 e. The van der Waals surface area contributed by atoms with Crippen LogP contribution in [0.3, 0.4) is 0 Å². The lowest BCUT2D eigenvalue weighted by molar-refractivity contribution is 0.0872. The number of hydrogen-bond acceptors (Lipinski definition) is 3. The van der Waals surface area contributed by atoms with Crippen molar-refractivity contribution in [3.8, 4) is 0 Å². The minimum atomic E-state index is 0.447. The van der Waals surface area contributed by atoms with E-state index in [1.807, 2.05) is 6.20 Å². The molecule has 0 bridgehead atoms. The first kappa shape index (κ1) is 13.0. The molecule has 1 aliphatic rings. The number of halogens is 1. The van der Waals surface area contributed by atoms with E-state index in [-0.39, 0.29) is 0 Å². The summed E-state index contributed by atoms with van der Waals surface area (Å²) in [5.74, 6) is 0.667. The van der Waals surface area contributed by atoms with Gasteiger partial charge in [0.1, 0.15) is 0 Å². The first-order valence-corrected chi connectivity index (χ1v) is 7.00. The highest BCUT2D eigenvalue weighted by molar-refractivity contribution is 9.10. The molecule has 1 aliphatic heterocycles. The molecule has 2 unspecified atom stereocenters. The van der Waals surface area contributed by atoms with Crippen molar-refractivity contribution in [1.29, 1.82) is 0 Å². The molecule has 1 N–H and O–H groups in total. The molecule has 0 radical (unpaired) electrons. The highest BCUT2D eigenvalue weighted by Crippen LogP contribution is 2.22. The summed E-state index contributed by atoms with van der Waals surface area (Å²) >= 11 is 3.43. The topological polar surface area (TPSA) is 34.1 Å². The molecule has 1 fully saturated rings. The van der Waals surface area contributed by atoms with E-state index in [9.17, 15) is 0 Å². The van der Waals surface area contributed by atoms with Crippen LogP contribution in [0.1, 0.15) is 25.3 Å². The van der Waals surface area contributed by atoms with Gasteiger partial charge in [0, 0.05) is 36.6 Å². The molecule has 2 rings (SSSR count). The molecule has 0 saturated carbocycles. The van der Waals surface area contributed by atoms with Crippen LogP contribution in [0.5, 0.6) is 0 Å². The minimum absolute atomic E-state index is 0.447. The molecule has 1 saturated heterocycles. The molecule has 4 heteroatoms. The molecule has 1 aromatic heterocycles. The van der Waals surface area contributed by atoms with E-state index in [4.69, 9.17) is 4.74 Å². The van der Waals surface area contributed by atoms with Crippen molar-refractivity contribution in [3.63, 3.8) is 0 Å². The smallest absolute Gasteiger partial charge is 0.0613 e. The van der Waals surface area contributed by atoms with Gasteiger partial charge in [0.05, 0.1) is 6.10 Å². The van der Waals surface area contributed by atoms with Gasteiger partial charge in [0.15, 0.2) is 0 Å². The SMILES string of the molecule is CCC1OCCC1CNCc1cncc(Br)c1. The monoisotopic (exact) mass is 298 g/mol. The summed E-state index contributed by atoms with van der Waals surface area (Å²) in [5, 5.41) is 3.49. The third-order valence-corrected chi connectivity index (χ3v) is 3.68. The third-order valence-electron chi connectivity index (χ3n) is 3.25. The van der Waals surface area contributed by atoms with E-state index in [0.29, 0.717) is 12.0 Å². The van der Waals surface area contributed by atoms with Gasteiger partial charge in [-0.3, -0.25) is 4.98 Å². The van der Waals surface area contributed by atoms with Gasteiger partial charge in [0.25, 0.3) is 0 Å². The van der Waals surface area contributed by atoms with E-state index >= 15 is 0 Å². The van der Waals surface area contributed by atoms with Crippen molar-refractivity contribution in [2.24, 2.45) is 5.92 Å². The number of pyridine rings is 1. The zero-order valence-electron chi connectivity index (χ0n) is 10.2. The van der Waals surface area contributed by atoms with Crippen molar-refractivity contribution in [2.45, 2.75) is 32.4 Å². The summed E-state index contributed by atoms with van der Waals surface area (Å²) in [6, 6.07) is 2.10. The Bertz CT molecular complexity index is 359.